The quantitative estimate of drug-likeness (QED) is 0.140. The molecule has 0 aromatic heterocycles. The van der Waals surface area contributed by atoms with Gasteiger partial charge in [0.25, 0.3) is 5.91 Å². The van der Waals surface area contributed by atoms with E-state index in [0.717, 1.165) is 18.2 Å². The molecule has 1 aromatic rings. The fourth-order valence-corrected chi connectivity index (χ4v) is 2.19. The molecule has 29 heavy (non-hydrogen) atoms. The van der Waals surface area contributed by atoms with Crippen molar-refractivity contribution in [2.75, 3.05) is 19.7 Å². The van der Waals surface area contributed by atoms with Gasteiger partial charge in [-0.05, 0) is 38.5 Å². The van der Waals surface area contributed by atoms with Crippen molar-refractivity contribution in [1.29, 1.82) is 5.26 Å². The summed E-state index contributed by atoms with van der Waals surface area (Å²) in [6.45, 7) is 5.47. The Morgan fingerprint density at radius 2 is 2.00 bits per heavy atom. The minimum atomic E-state index is -1.24. The Kier molecular flexibility index (Phi) is 8.68. The second-order valence-corrected chi connectivity index (χ2v) is 5.36. The number of nitrogens with zero attached hydrogens (tertiary/aromatic N) is 3. The highest BCUT2D eigenvalue weighted by molar-refractivity contribution is 6.01. The molecule has 1 aromatic carbocycles. The van der Waals surface area contributed by atoms with Crippen LogP contribution in [0, 0.1) is 33.3 Å². The summed E-state index contributed by atoms with van der Waals surface area (Å²) in [6, 6.07) is 3.77. The maximum atomic E-state index is 12.4. The van der Waals surface area contributed by atoms with E-state index in [0.29, 0.717) is 13.1 Å². The SMILES string of the molecule is CC#CCOC(=O)Oc1cc(C=C(C#N)C(=O)N(CC)CC)cc([N+](=O)[O-])c1O. The Morgan fingerprint density at radius 3 is 2.52 bits per heavy atom. The molecule has 0 aliphatic heterocycles. The molecule has 0 fully saturated rings. The highest BCUT2D eigenvalue weighted by atomic mass is 16.7. The molecule has 1 amide bonds. The maximum Gasteiger partial charge on any atom is 0.514 e. The van der Waals surface area contributed by atoms with Gasteiger partial charge in [-0.2, -0.15) is 5.26 Å². The summed E-state index contributed by atoms with van der Waals surface area (Å²) in [6.07, 6.45) is -0.133. The molecular weight excluding hydrogens is 382 g/mol. The number of ether oxygens (including phenoxy) is 2. The molecular formula is C19H19N3O7. The van der Waals surface area contributed by atoms with E-state index in [4.69, 9.17) is 4.74 Å². The van der Waals surface area contributed by atoms with Gasteiger partial charge in [-0.3, -0.25) is 14.9 Å². The number of phenolic OH excluding ortho intramolecular Hbond substituents is 1. The summed E-state index contributed by atoms with van der Waals surface area (Å²) >= 11 is 0. The number of aromatic hydroxyl groups is 1. The zero-order chi connectivity index (χ0) is 22.0. The van der Waals surface area contributed by atoms with Gasteiger partial charge in [0.15, 0.2) is 12.4 Å². The molecule has 0 spiro atoms. The van der Waals surface area contributed by atoms with Crippen LogP contribution in [0.25, 0.3) is 6.08 Å². The summed E-state index contributed by atoms with van der Waals surface area (Å²) in [7, 11) is 0. The van der Waals surface area contributed by atoms with Crippen LogP contribution in [-0.2, 0) is 9.53 Å². The average Bonchev–Trinajstić information content (AvgIpc) is 2.69. The minimum absolute atomic E-state index is 0.00251. The Hall–Kier alpha value is -4.05. The first-order valence-electron chi connectivity index (χ1n) is 8.45. The molecule has 0 saturated heterocycles. The fraction of sp³-hybridized carbons (Fsp3) is 0.316. The van der Waals surface area contributed by atoms with Crippen molar-refractivity contribution < 1.29 is 29.1 Å². The number of carbonyl (C=O) groups excluding carboxylic acids is 2. The van der Waals surface area contributed by atoms with Crippen LogP contribution in [0.4, 0.5) is 10.5 Å². The van der Waals surface area contributed by atoms with Crippen molar-refractivity contribution in [2.45, 2.75) is 20.8 Å². The van der Waals surface area contributed by atoms with E-state index in [-0.39, 0.29) is 17.7 Å². The zero-order valence-electron chi connectivity index (χ0n) is 16.1. The second kappa shape index (κ2) is 10.9. The topological polar surface area (TPSA) is 143 Å². The first-order valence-corrected chi connectivity index (χ1v) is 8.45. The number of amides is 1. The maximum absolute atomic E-state index is 12.4. The first kappa shape index (κ1) is 23.0. The van der Waals surface area contributed by atoms with Gasteiger partial charge in [0.1, 0.15) is 11.6 Å². The predicted octanol–water partition coefficient (Wildman–Crippen LogP) is 2.61. The lowest BCUT2D eigenvalue weighted by Gasteiger charge is -2.17. The number of rotatable bonds is 7. The standard InChI is InChI=1S/C19H19N3O7/c1-4-7-8-28-19(25)29-16-11-13(10-15(17(16)23)22(26)27)9-14(12-20)18(24)21(5-2)6-3/h9-11,23H,5-6,8H2,1-3H3. The predicted molar refractivity (Wildman–Crippen MR) is 102 cm³/mol. The lowest BCUT2D eigenvalue weighted by molar-refractivity contribution is -0.385. The third kappa shape index (κ3) is 6.26. The van der Waals surface area contributed by atoms with Crippen LogP contribution in [0.3, 0.4) is 0 Å². The molecule has 10 heteroatoms. The fourth-order valence-electron chi connectivity index (χ4n) is 2.19. The molecule has 0 heterocycles. The van der Waals surface area contributed by atoms with E-state index >= 15 is 0 Å². The summed E-state index contributed by atoms with van der Waals surface area (Å²) in [5.41, 5.74) is -1.05. The van der Waals surface area contributed by atoms with Crippen LogP contribution < -0.4 is 4.74 Å². The van der Waals surface area contributed by atoms with E-state index in [2.05, 4.69) is 16.6 Å². The van der Waals surface area contributed by atoms with Gasteiger partial charge >= 0.3 is 11.8 Å². The molecule has 1 rings (SSSR count). The van der Waals surface area contributed by atoms with E-state index < -0.39 is 34.2 Å². The Morgan fingerprint density at radius 1 is 1.34 bits per heavy atom. The largest absolute Gasteiger partial charge is 0.514 e. The molecule has 0 radical (unpaired) electrons. The van der Waals surface area contributed by atoms with Gasteiger partial charge < -0.3 is 19.5 Å². The Balaban J connectivity index is 3.36. The number of carbonyl (C=O) groups is 2. The number of nitriles is 1. The van der Waals surface area contributed by atoms with Crippen LogP contribution in [0.2, 0.25) is 0 Å². The third-order valence-electron chi connectivity index (χ3n) is 3.62. The van der Waals surface area contributed by atoms with Crippen molar-refractivity contribution >= 4 is 23.8 Å². The molecule has 0 aliphatic rings. The number of hydrogen-bond acceptors (Lipinski definition) is 8. The monoisotopic (exact) mass is 401 g/mol. The third-order valence-corrected chi connectivity index (χ3v) is 3.62. The number of benzene rings is 1. The summed E-state index contributed by atoms with van der Waals surface area (Å²) < 4.78 is 9.44. The lowest BCUT2D eigenvalue weighted by atomic mass is 10.1. The number of nitro benzene ring substituents is 1. The van der Waals surface area contributed by atoms with Gasteiger partial charge in [-0.1, -0.05) is 5.92 Å². The van der Waals surface area contributed by atoms with Gasteiger partial charge in [0, 0.05) is 19.2 Å². The average molecular weight is 401 g/mol. The molecule has 0 atom stereocenters. The number of likely N-dealkylation sites (N-methyl/N-ethyl adjacent to an activating group) is 1. The number of phenols is 1. The molecule has 10 nitrogen and oxygen atoms in total. The van der Waals surface area contributed by atoms with Crippen molar-refractivity contribution in [2.24, 2.45) is 0 Å². The smallest absolute Gasteiger partial charge is 0.499 e. The number of nitro groups is 1. The highest BCUT2D eigenvalue weighted by Gasteiger charge is 2.23. The normalized spacial score (nSPS) is 10.2. The van der Waals surface area contributed by atoms with Crippen molar-refractivity contribution in [3.8, 4) is 29.4 Å². The van der Waals surface area contributed by atoms with Crippen molar-refractivity contribution in [3.05, 3.63) is 33.4 Å². The van der Waals surface area contributed by atoms with Crippen LogP contribution in [0.15, 0.2) is 17.7 Å². The van der Waals surface area contributed by atoms with Crippen molar-refractivity contribution in [1.82, 2.24) is 4.90 Å². The zero-order valence-corrected chi connectivity index (χ0v) is 16.1. The van der Waals surface area contributed by atoms with E-state index in [9.17, 15) is 30.1 Å². The van der Waals surface area contributed by atoms with Gasteiger partial charge in [-0.15, -0.1) is 5.92 Å². The van der Waals surface area contributed by atoms with Crippen LogP contribution in [-0.4, -0.2) is 46.7 Å². The molecule has 0 bridgehead atoms. The summed E-state index contributed by atoms with van der Waals surface area (Å²) in [5.74, 6) is 2.92. The summed E-state index contributed by atoms with van der Waals surface area (Å²) in [5, 5.41) is 30.5. The Bertz CT molecular complexity index is 932. The second-order valence-electron chi connectivity index (χ2n) is 5.36. The van der Waals surface area contributed by atoms with E-state index in [1.54, 1.807) is 19.9 Å². The molecule has 0 unspecified atom stereocenters. The van der Waals surface area contributed by atoms with Crippen LogP contribution in [0.1, 0.15) is 26.3 Å². The van der Waals surface area contributed by atoms with Crippen molar-refractivity contribution in [3.63, 3.8) is 0 Å². The minimum Gasteiger partial charge on any atom is -0.499 e. The first-order chi connectivity index (χ1) is 13.8. The van der Waals surface area contributed by atoms with Crippen LogP contribution in [0.5, 0.6) is 11.5 Å². The van der Waals surface area contributed by atoms with Gasteiger partial charge in [0.05, 0.1) is 4.92 Å². The van der Waals surface area contributed by atoms with E-state index in [1.807, 2.05) is 0 Å². The molecule has 1 N–H and O–H groups in total. The molecule has 0 aliphatic carbocycles. The van der Waals surface area contributed by atoms with Crippen LogP contribution >= 0.6 is 0 Å². The highest BCUT2D eigenvalue weighted by Crippen LogP contribution is 2.38. The molecule has 152 valence electrons. The number of hydrogen-bond donors (Lipinski definition) is 1. The Labute approximate surface area is 167 Å². The summed E-state index contributed by atoms with van der Waals surface area (Å²) in [4.78, 5) is 35.7. The van der Waals surface area contributed by atoms with Gasteiger partial charge in [-0.25, -0.2) is 4.79 Å². The van der Waals surface area contributed by atoms with E-state index in [1.165, 1.54) is 11.8 Å². The van der Waals surface area contributed by atoms with Gasteiger partial charge in [0.2, 0.25) is 5.75 Å². The molecule has 0 saturated carbocycles. The lowest BCUT2D eigenvalue weighted by Crippen LogP contribution is -2.31.